The van der Waals surface area contributed by atoms with E-state index in [-0.39, 0.29) is 12.1 Å². The number of urea groups is 1. The number of rotatable bonds is 10. The van der Waals surface area contributed by atoms with Gasteiger partial charge in [-0.3, -0.25) is 0 Å². The van der Waals surface area contributed by atoms with Crippen molar-refractivity contribution in [1.82, 2.24) is 10.6 Å². The lowest BCUT2D eigenvalue weighted by atomic mass is 10.0. The first-order chi connectivity index (χ1) is 15.6. The molecule has 2 aromatic rings. The molecule has 1 atom stereocenters. The molecule has 0 radical (unpaired) electrons. The molecule has 0 saturated carbocycles. The molecule has 2 N–H and O–H groups in total. The number of hydrogen-bond acceptors (Lipinski definition) is 6. The highest BCUT2D eigenvalue weighted by molar-refractivity contribution is 5.74. The highest BCUT2D eigenvalue weighted by Crippen LogP contribution is 2.39. The molecule has 8 heteroatoms. The van der Waals surface area contributed by atoms with Gasteiger partial charge < -0.3 is 34.3 Å². The molecule has 2 amide bonds. The summed E-state index contributed by atoms with van der Waals surface area (Å²) in [5.74, 6) is 3.37. The van der Waals surface area contributed by atoms with Gasteiger partial charge in [0.25, 0.3) is 0 Å². The second kappa shape index (κ2) is 11.4. The summed E-state index contributed by atoms with van der Waals surface area (Å²) in [6, 6.07) is 9.02. The van der Waals surface area contributed by atoms with Crippen molar-refractivity contribution in [3.8, 4) is 28.7 Å². The van der Waals surface area contributed by atoms with Gasteiger partial charge in [0.15, 0.2) is 11.5 Å². The van der Waals surface area contributed by atoms with Crippen LogP contribution in [0.5, 0.6) is 28.7 Å². The van der Waals surface area contributed by atoms with Gasteiger partial charge in [0.1, 0.15) is 18.1 Å². The lowest BCUT2D eigenvalue weighted by Crippen LogP contribution is -2.47. The predicted octanol–water partition coefficient (Wildman–Crippen LogP) is 3.69. The van der Waals surface area contributed by atoms with Crippen molar-refractivity contribution in [2.75, 3.05) is 33.5 Å². The average molecular weight is 445 g/mol. The number of amides is 2. The average Bonchev–Trinajstić information content (AvgIpc) is 2.79. The molecule has 0 spiro atoms. The summed E-state index contributed by atoms with van der Waals surface area (Å²) >= 11 is 0. The van der Waals surface area contributed by atoms with Crippen molar-refractivity contribution >= 4 is 6.03 Å². The molecule has 0 aliphatic carbocycles. The molecule has 3 rings (SSSR count). The summed E-state index contributed by atoms with van der Waals surface area (Å²) in [6.07, 6.45) is 0.673. The first-order valence-corrected chi connectivity index (χ1v) is 11.0. The van der Waals surface area contributed by atoms with Gasteiger partial charge in [-0.15, -0.1) is 0 Å². The van der Waals surface area contributed by atoms with Crippen LogP contribution in [0.2, 0.25) is 0 Å². The second-order valence-electron chi connectivity index (χ2n) is 7.23. The molecule has 1 aliphatic heterocycles. The van der Waals surface area contributed by atoms with Crippen molar-refractivity contribution in [2.45, 2.75) is 39.8 Å². The fourth-order valence-electron chi connectivity index (χ4n) is 3.55. The first-order valence-electron chi connectivity index (χ1n) is 11.0. The molecule has 1 heterocycles. The van der Waals surface area contributed by atoms with Gasteiger partial charge in [-0.05, 0) is 68.7 Å². The summed E-state index contributed by atoms with van der Waals surface area (Å²) < 4.78 is 28.3. The Hall–Kier alpha value is -3.29. The Morgan fingerprint density at radius 3 is 2.34 bits per heavy atom. The Kier molecular flexibility index (Phi) is 8.30. The molecule has 0 fully saturated rings. The predicted molar refractivity (Wildman–Crippen MR) is 121 cm³/mol. The monoisotopic (exact) mass is 444 g/mol. The smallest absolute Gasteiger partial charge is 0.315 e. The molecule has 0 saturated heterocycles. The van der Waals surface area contributed by atoms with Gasteiger partial charge in [-0.1, -0.05) is 0 Å². The van der Waals surface area contributed by atoms with Gasteiger partial charge in [-0.2, -0.15) is 0 Å². The maximum atomic E-state index is 12.5. The van der Waals surface area contributed by atoms with E-state index in [1.165, 1.54) is 0 Å². The molecule has 8 nitrogen and oxygen atoms in total. The van der Waals surface area contributed by atoms with E-state index in [0.717, 1.165) is 22.6 Å². The molecule has 174 valence electrons. The number of benzene rings is 2. The SMILES string of the molecule is CCOc1cc(CNC(=O)N[C@H]2COc3ccc(OC)cc3C2)cc(OCC)c1OCC. The Balaban J connectivity index is 1.62. The number of nitrogens with one attached hydrogen (secondary N) is 2. The summed E-state index contributed by atoms with van der Waals surface area (Å²) in [4.78, 5) is 12.5. The quantitative estimate of drug-likeness (QED) is 0.581. The number of ether oxygens (including phenoxy) is 5. The second-order valence-corrected chi connectivity index (χ2v) is 7.23. The zero-order valence-electron chi connectivity index (χ0n) is 19.2. The fraction of sp³-hybridized carbons (Fsp3) is 0.458. The lowest BCUT2D eigenvalue weighted by Gasteiger charge is -2.26. The summed E-state index contributed by atoms with van der Waals surface area (Å²) in [5.41, 5.74) is 1.86. The van der Waals surface area contributed by atoms with Crippen molar-refractivity contribution in [3.05, 3.63) is 41.5 Å². The van der Waals surface area contributed by atoms with Gasteiger partial charge in [0, 0.05) is 6.54 Å². The molecule has 0 bridgehead atoms. The fourth-order valence-corrected chi connectivity index (χ4v) is 3.55. The Bertz CT molecular complexity index is 890. The summed E-state index contributed by atoms with van der Waals surface area (Å²) in [5, 5.41) is 5.88. The molecule has 0 aromatic heterocycles. The Labute approximate surface area is 189 Å². The maximum absolute atomic E-state index is 12.5. The number of carbonyl (C=O) groups is 1. The van der Waals surface area contributed by atoms with Crippen LogP contribution in [0.15, 0.2) is 30.3 Å². The van der Waals surface area contributed by atoms with Crippen LogP contribution >= 0.6 is 0 Å². The molecular formula is C24H32N2O6. The van der Waals surface area contributed by atoms with Gasteiger partial charge in [0.2, 0.25) is 5.75 Å². The van der Waals surface area contributed by atoms with E-state index in [9.17, 15) is 4.79 Å². The van der Waals surface area contributed by atoms with E-state index in [0.29, 0.717) is 56.6 Å². The van der Waals surface area contributed by atoms with E-state index in [1.54, 1.807) is 7.11 Å². The third-order valence-electron chi connectivity index (χ3n) is 4.93. The molecule has 2 aromatic carbocycles. The Morgan fingerprint density at radius 2 is 1.72 bits per heavy atom. The van der Waals surface area contributed by atoms with Crippen LogP contribution in [-0.2, 0) is 13.0 Å². The minimum absolute atomic E-state index is 0.132. The number of carbonyl (C=O) groups excluding carboxylic acids is 1. The zero-order chi connectivity index (χ0) is 22.9. The number of hydrogen-bond donors (Lipinski definition) is 2. The third kappa shape index (κ3) is 5.90. The van der Waals surface area contributed by atoms with Crippen LogP contribution in [0.4, 0.5) is 4.79 Å². The minimum Gasteiger partial charge on any atom is -0.497 e. The van der Waals surface area contributed by atoms with Crippen LogP contribution in [0, 0.1) is 0 Å². The van der Waals surface area contributed by atoms with Crippen LogP contribution < -0.4 is 34.3 Å². The largest absolute Gasteiger partial charge is 0.497 e. The highest BCUT2D eigenvalue weighted by atomic mass is 16.5. The zero-order valence-corrected chi connectivity index (χ0v) is 19.2. The normalized spacial score (nSPS) is 14.6. The van der Waals surface area contributed by atoms with Crippen LogP contribution in [0.1, 0.15) is 31.9 Å². The topological polar surface area (TPSA) is 87.3 Å². The summed E-state index contributed by atoms with van der Waals surface area (Å²) in [6.45, 7) is 7.96. The lowest BCUT2D eigenvalue weighted by molar-refractivity contribution is 0.214. The maximum Gasteiger partial charge on any atom is 0.315 e. The van der Waals surface area contributed by atoms with E-state index in [2.05, 4.69) is 10.6 Å². The standard InChI is InChI=1S/C24H32N2O6/c1-5-29-21-10-16(11-22(30-6-2)23(21)31-7-3)14-25-24(27)26-18-12-17-13-19(28-4)8-9-20(17)32-15-18/h8-11,13,18H,5-7,12,14-15H2,1-4H3,(H2,25,26,27)/t18-/m1/s1. The molecule has 32 heavy (non-hydrogen) atoms. The van der Waals surface area contributed by atoms with Gasteiger partial charge >= 0.3 is 6.03 Å². The molecule has 0 unspecified atom stereocenters. The van der Waals surface area contributed by atoms with E-state index in [1.807, 2.05) is 51.1 Å². The van der Waals surface area contributed by atoms with Gasteiger partial charge in [0.05, 0.1) is 33.0 Å². The molecular weight excluding hydrogens is 412 g/mol. The van der Waals surface area contributed by atoms with E-state index < -0.39 is 0 Å². The minimum atomic E-state index is -0.269. The van der Waals surface area contributed by atoms with Crippen LogP contribution in [0.3, 0.4) is 0 Å². The van der Waals surface area contributed by atoms with Crippen LogP contribution in [0.25, 0.3) is 0 Å². The first kappa shape index (κ1) is 23.4. The third-order valence-corrected chi connectivity index (χ3v) is 4.93. The Morgan fingerprint density at radius 1 is 1.03 bits per heavy atom. The van der Waals surface area contributed by atoms with Gasteiger partial charge in [-0.25, -0.2) is 4.79 Å². The molecule has 1 aliphatic rings. The van der Waals surface area contributed by atoms with Crippen LogP contribution in [-0.4, -0.2) is 45.6 Å². The van der Waals surface area contributed by atoms with Crippen molar-refractivity contribution in [1.29, 1.82) is 0 Å². The summed E-state index contributed by atoms with van der Waals surface area (Å²) in [7, 11) is 1.63. The highest BCUT2D eigenvalue weighted by Gasteiger charge is 2.22. The van der Waals surface area contributed by atoms with E-state index >= 15 is 0 Å². The van der Waals surface area contributed by atoms with Crippen molar-refractivity contribution in [3.63, 3.8) is 0 Å². The number of methoxy groups -OCH3 is 1. The number of fused-ring (bicyclic) bond motifs is 1. The van der Waals surface area contributed by atoms with E-state index in [4.69, 9.17) is 23.7 Å². The van der Waals surface area contributed by atoms with Crippen molar-refractivity contribution < 1.29 is 28.5 Å². The van der Waals surface area contributed by atoms with Crippen molar-refractivity contribution in [2.24, 2.45) is 0 Å².